The lowest BCUT2D eigenvalue weighted by Gasteiger charge is -2.23. The molecule has 0 aliphatic carbocycles. The van der Waals surface area contributed by atoms with Gasteiger partial charge in [0.2, 0.25) is 5.88 Å². The van der Waals surface area contributed by atoms with Gasteiger partial charge in [-0.2, -0.15) is 4.98 Å². The molecule has 1 aromatic rings. The minimum atomic E-state index is -0.0294. The second-order valence-corrected chi connectivity index (χ2v) is 3.20. The van der Waals surface area contributed by atoms with E-state index in [9.17, 15) is 0 Å². The fraction of sp³-hybridized carbons (Fsp3) is 0.500. The van der Waals surface area contributed by atoms with Gasteiger partial charge in [0.05, 0.1) is 26.0 Å². The molecule has 0 radical (unpaired) electrons. The molecule has 90 valence electrons. The van der Waals surface area contributed by atoms with Crippen molar-refractivity contribution in [1.29, 1.82) is 0 Å². The summed E-state index contributed by atoms with van der Waals surface area (Å²) in [6.07, 6.45) is 0. The van der Waals surface area contributed by atoms with Crippen LogP contribution >= 0.6 is 0 Å². The van der Waals surface area contributed by atoms with Crippen LogP contribution in [0.3, 0.4) is 0 Å². The van der Waals surface area contributed by atoms with E-state index in [1.807, 2.05) is 0 Å². The van der Waals surface area contributed by atoms with Crippen LogP contribution in [0.2, 0.25) is 0 Å². The van der Waals surface area contributed by atoms with Crippen LogP contribution in [0.15, 0.2) is 12.1 Å². The summed E-state index contributed by atoms with van der Waals surface area (Å²) in [6.45, 7) is 0.673. The van der Waals surface area contributed by atoms with Crippen molar-refractivity contribution in [2.75, 3.05) is 44.0 Å². The minimum absolute atomic E-state index is 0.0294. The van der Waals surface area contributed by atoms with Gasteiger partial charge in [-0.15, -0.1) is 0 Å². The fourth-order valence-electron chi connectivity index (χ4n) is 1.37. The van der Waals surface area contributed by atoms with Crippen LogP contribution in [0.1, 0.15) is 0 Å². The molecule has 1 heterocycles. The van der Waals surface area contributed by atoms with Crippen molar-refractivity contribution < 1.29 is 14.9 Å². The summed E-state index contributed by atoms with van der Waals surface area (Å²) in [6, 6.07) is 3.35. The van der Waals surface area contributed by atoms with E-state index in [1.54, 1.807) is 17.0 Å². The number of aliphatic hydroxyl groups excluding tert-OH is 2. The van der Waals surface area contributed by atoms with Crippen LogP contribution in [0.25, 0.3) is 0 Å². The standard InChI is InChI=1S/C10H17N3O3/c1-16-9-3-2-8(11)10(12-9)13(4-6-14)5-7-15/h2-3,14-15H,4-7,11H2,1H3. The molecule has 0 amide bonds. The number of aromatic nitrogens is 1. The number of nitrogens with zero attached hydrogens (tertiary/aromatic N) is 2. The van der Waals surface area contributed by atoms with E-state index in [2.05, 4.69) is 4.98 Å². The van der Waals surface area contributed by atoms with Gasteiger partial charge in [0.25, 0.3) is 0 Å². The van der Waals surface area contributed by atoms with E-state index in [0.29, 0.717) is 30.5 Å². The predicted octanol–water partition coefficient (Wildman–Crippen LogP) is -0.537. The molecule has 0 saturated heterocycles. The van der Waals surface area contributed by atoms with Gasteiger partial charge in [0, 0.05) is 19.2 Å². The number of aliphatic hydroxyl groups is 2. The number of ether oxygens (including phenoxy) is 1. The van der Waals surface area contributed by atoms with Gasteiger partial charge in [0.1, 0.15) is 0 Å². The molecule has 1 rings (SSSR count). The zero-order valence-corrected chi connectivity index (χ0v) is 9.26. The van der Waals surface area contributed by atoms with Crippen molar-refractivity contribution in [2.24, 2.45) is 0 Å². The Bertz CT molecular complexity index is 327. The van der Waals surface area contributed by atoms with Crippen molar-refractivity contribution in [3.8, 4) is 5.88 Å². The van der Waals surface area contributed by atoms with Crippen LogP contribution in [0, 0.1) is 0 Å². The molecule has 0 aromatic carbocycles. The van der Waals surface area contributed by atoms with E-state index in [1.165, 1.54) is 7.11 Å². The summed E-state index contributed by atoms with van der Waals surface area (Å²) in [4.78, 5) is 5.89. The lowest BCUT2D eigenvalue weighted by atomic mass is 10.3. The number of hydrogen-bond acceptors (Lipinski definition) is 6. The van der Waals surface area contributed by atoms with E-state index in [0.717, 1.165) is 0 Å². The Hall–Kier alpha value is -1.53. The molecule has 16 heavy (non-hydrogen) atoms. The topological polar surface area (TPSA) is 91.8 Å². The Morgan fingerprint density at radius 2 is 1.94 bits per heavy atom. The van der Waals surface area contributed by atoms with Crippen LogP contribution in [0.4, 0.5) is 11.5 Å². The summed E-state index contributed by atoms with van der Waals surface area (Å²) < 4.78 is 5.00. The van der Waals surface area contributed by atoms with E-state index in [-0.39, 0.29) is 13.2 Å². The molecule has 0 spiro atoms. The molecule has 0 fully saturated rings. The highest BCUT2D eigenvalue weighted by Gasteiger charge is 2.11. The first-order valence-corrected chi connectivity index (χ1v) is 5.00. The van der Waals surface area contributed by atoms with Crippen LogP contribution in [-0.2, 0) is 0 Å². The molecule has 0 aliphatic rings. The Kier molecular flexibility index (Phi) is 4.81. The lowest BCUT2D eigenvalue weighted by Crippen LogP contribution is -2.31. The van der Waals surface area contributed by atoms with Crippen molar-refractivity contribution in [1.82, 2.24) is 4.98 Å². The Labute approximate surface area is 94.3 Å². The summed E-state index contributed by atoms with van der Waals surface area (Å²) in [7, 11) is 1.52. The number of hydrogen-bond donors (Lipinski definition) is 3. The van der Waals surface area contributed by atoms with Gasteiger partial charge in [-0.1, -0.05) is 0 Å². The number of nitrogens with two attached hydrogens (primary N) is 1. The van der Waals surface area contributed by atoms with Crippen LogP contribution in [0.5, 0.6) is 5.88 Å². The van der Waals surface area contributed by atoms with E-state index >= 15 is 0 Å². The number of pyridine rings is 1. The Balaban J connectivity index is 2.96. The summed E-state index contributed by atoms with van der Waals surface area (Å²) in [5.41, 5.74) is 6.27. The van der Waals surface area contributed by atoms with Gasteiger partial charge in [-0.3, -0.25) is 0 Å². The molecule has 0 bridgehead atoms. The molecule has 0 aliphatic heterocycles. The van der Waals surface area contributed by atoms with Gasteiger partial charge in [-0.25, -0.2) is 0 Å². The Morgan fingerprint density at radius 1 is 1.31 bits per heavy atom. The maximum absolute atomic E-state index is 8.92. The van der Waals surface area contributed by atoms with Gasteiger partial charge in [-0.05, 0) is 6.07 Å². The predicted molar refractivity (Wildman–Crippen MR) is 61.6 cm³/mol. The van der Waals surface area contributed by atoms with Gasteiger partial charge in [0.15, 0.2) is 5.82 Å². The number of methoxy groups -OCH3 is 1. The second kappa shape index (κ2) is 6.14. The molecular weight excluding hydrogens is 210 g/mol. The van der Waals surface area contributed by atoms with E-state index in [4.69, 9.17) is 20.7 Å². The highest BCUT2D eigenvalue weighted by atomic mass is 16.5. The summed E-state index contributed by atoms with van der Waals surface area (Å²) >= 11 is 0. The first kappa shape index (κ1) is 12.5. The second-order valence-electron chi connectivity index (χ2n) is 3.20. The monoisotopic (exact) mass is 227 g/mol. The lowest BCUT2D eigenvalue weighted by molar-refractivity contribution is 0.280. The minimum Gasteiger partial charge on any atom is -0.481 e. The SMILES string of the molecule is COc1ccc(N)c(N(CCO)CCO)n1. The molecule has 1 aromatic heterocycles. The highest BCUT2D eigenvalue weighted by molar-refractivity contribution is 5.63. The number of rotatable bonds is 6. The third kappa shape index (κ3) is 2.98. The Morgan fingerprint density at radius 3 is 2.44 bits per heavy atom. The smallest absolute Gasteiger partial charge is 0.215 e. The fourth-order valence-corrected chi connectivity index (χ4v) is 1.37. The zero-order chi connectivity index (χ0) is 12.0. The average Bonchev–Trinajstić information content (AvgIpc) is 2.29. The van der Waals surface area contributed by atoms with Crippen molar-refractivity contribution in [2.45, 2.75) is 0 Å². The molecule has 6 heteroatoms. The molecule has 6 nitrogen and oxygen atoms in total. The largest absolute Gasteiger partial charge is 0.481 e. The summed E-state index contributed by atoms with van der Waals surface area (Å²) in [5.74, 6) is 0.965. The highest BCUT2D eigenvalue weighted by Crippen LogP contribution is 2.23. The summed E-state index contributed by atoms with van der Waals surface area (Å²) in [5, 5.41) is 17.8. The quantitative estimate of drug-likeness (QED) is 0.604. The van der Waals surface area contributed by atoms with Gasteiger partial charge >= 0.3 is 0 Å². The molecule has 4 N–H and O–H groups in total. The van der Waals surface area contributed by atoms with Crippen molar-refractivity contribution in [3.05, 3.63) is 12.1 Å². The first-order valence-electron chi connectivity index (χ1n) is 5.00. The maximum atomic E-state index is 8.92. The van der Waals surface area contributed by atoms with E-state index < -0.39 is 0 Å². The number of nitrogen functional groups attached to an aromatic ring is 1. The molecule has 0 atom stereocenters. The number of anilines is 2. The maximum Gasteiger partial charge on any atom is 0.215 e. The van der Waals surface area contributed by atoms with Crippen molar-refractivity contribution in [3.63, 3.8) is 0 Å². The third-order valence-electron chi connectivity index (χ3n) is 2.13. The third-order valence-corrected chi connectivity index (χ3v) is 2.13. The normalized spacial score (nSPS) is 10.2. The zero-order valence-electron chi connectivity index (χ0n) is 9.26. The molecular formula is C10H17N3O3. The van der Waals surface area contributed by atoms with Gasteiger partial charge < -0.3 is 25.6 Å². The van der Waals surface area contributed by atoms with Crippen molar-refractivity contribution >= 4 is 11.5 Å². The van der Waals surface area contributed by atoms with Crippen LogP contribution < -0.4 is 15.4 Å². The molecule has 0 unspecified atom stereocenters. The molecule has 0 saturated carbocycles. The average molecular weight is 227 g/mol. The van der Waals surface area contributed by atoms with Crippen LogP contribution in [-0.4, -0.2) is 48.6 Å². The first-order chi connectivity index (χ1) is 7.72.